The maximum atomic E-state index is 13.0. The van der Waals surface area contributed by atoms with Crippen molar-refractivity contribution >= 4 is 5.78 Å². The van der Waals surface area contributed by atoms with Crippen LogP contribution < -0.4 is 4.74 Å². The van der Waals surface area contributed by atoms with Crippen molar-refractivity contribution < 1.29 is 13.9 Å². The number of aryl methyl sites for hydroxylation is 1. The van der Waals surface area contributed by atoms with Crippen molar-refractivity contribution in [2.45, 2.75) is 19.3 Å². The number of ketones is 1. The smallest absolute Gasteiger partial charge is 0.264 e. The summed E-state index contributed by atoms with van der Waals surface area (Å²) in [4.78, 5) is 21.4. The summed E-state index contributed by atoms with van der Waals surface area (Å²) in [6, 6.07) is 21.4. The maximum absolute atomic E-state index is 13.0. The Balaban J connectivity index is 1.30. The maximum Gasteiger partial charge on any atom is 0.264 e. The second kappa shape index (κ2) is 7.95. The van der Waals surface area contributed by atoms with Gasteiger partial charge in [-0.2, -0.15) is 0 Å². The van der Waals surface area contributed by atoms with Crippen LogP contribution in [0.1, 0.15) is 28.2 Å². The minimum atomic E-state index is -0.131. The Morgan fingerprint density at radius 2 is 1.80 bits per heavy atom. The molecule has 1 atom stereocenters. The highest BCUT2D eigenvalue weighted by Crippen LogP contribution is 2.32. The lowest BCUT2D eigenvalue weighted by atomic mass is 9.81. The van der Waals surface area contributed by atoms with E-state index in [0.29, 0.717) is 17.9 Å². The summed E-state index contributed by atoms with van der Waals surface area (Å²) in [7, 11) is 0. The van der Waals surface area contributed by atoms with Crippen LogP contribution >= 0.6 is 0 Å². The highest BCUT2D eigenvalue weighted by atomic mass is 16.5. The number of oxazole rings is 1. The number of pyridine rings is 1. The highest BCUT2D eigenvalue weighted by molar-refractivity contribution is 5.94. The van der Waals surface area contributed by atoms with E-state index >= 15 is 0 Å². The Morgan fingerprint density at radius 3 is 2.63 bits per heavy atom. The van der Waals surface area contributed by atoms with Crippen LogP contribution in [0.15, 0.2) is 83.5 Å². The van der Waals surface area contributed by atoms with Crippen LogP contribution in [-0.2, 0) is 12.8 Å². The first-order valence-corrected chi connectivity index (χ1v) is 10.0. The summed E-state index contributed by atoms with van der Waals surface area (Å²) < 4.78 is 11.7. The quantitative estimate of drug-likeness (QED) is 0.416. The van der Waals surface area contributed by atoms with Crippen molar-refractivity contribution in [2.75, 3.05) is 0 Å². The van der Waals surface area contributed by atoms with Gasteiger partial charge in [-0.25, -0.2) is 4.98 Å². The molecule has 0 bridgehead atoms. The fourth-order valence-electron chi connectivity index (χ4n) is 3.83. The summed E-state index contributed by atoms with van der Waals surface area (Å²) in [6.45, 7) is 0. The van der Waals surface area contributed by atoms with E-state index in [1.165, 1.54) is 11.1 Å². The van der Waals surface area contributed by atoms with Gasteiger partial charge in [0.25, 0.3) is 5.89 Å². The third kappa shape index (κ3) is 3.74. The van der Waals surface area contributed by atoms with Crippen LogP contribution in [0.2, 0.25) is 0 Å². The number of carbonyl (C=O) groups is 1. The predicted octanol–water partition coefficient (Wildman–Crippen LogP) is 5.52. The largest absolute Gasteiger partial charge is 0.457 e. The minimum absolute atomic E-state index is 0.0487. The SMILES string of the molecule is O=C(c1ncc(-c2ccccn2)o1)[C@@H]1CCc2cc(Oc3ccccc3)ccc2C1. The van der Waals surface area contributed by atoms with Crippen molar-refractivity contribution in [1.29, 1.82) is 0 Å². The van der Waals surface area contributed by atoms with Gasteiger partial charge in [-0.15, -0.1) is 0 Å². The molecule has 5 nitrogen and oxygen atoms in total. The van der Waals surface area contributed by atoms with Crippen LogP contribution in [0.4, 0.5) is 0 Å². The molecule has 0 saturated carbocycles. The van der Waals surface area contributed by atoms with Crippen LogP contribution in [0, 0.1) is 5.92 Å². The second-order valence-corrected chi connectivity index (χ2v) is 7.39. The molecule has 0 spiro atoms. The van der Waals surface area contributed by atoms with E-state index in [1.807, 2.05) is 54.6 Å². The molecule has 0 N–H and O–H groups in total. The zero-order valence-corrected chi connectivity index (χ0v) is 16.3. The van der Waals surface area contributed by atoms with E-state index in [1.54, 1.807) is 12.4 Å². The molecule has 148 valence electrons. The molecule has 0 amide bonds. The Hall–Kier alpha value is -3.73. The number of carbonyl (C=O) groups excluding carboxylic acids is 1. The van der Waals surface area contributed by atoms with Crippen molar-refractivity contribution in [3.63, 3.8) is 0 Å². The van der Waals surface area contributed by atoms with E-state index in [-0.39, 0.29) is 17.6 Å². The fourth-order valence-corrected chi connectivity index (χ4v) is 3.83. The normalized spacial score (nSPS) is 15.4. The summed E-state index contributed by atoms with van der Waals surface area (Å²) >= 11 is 0. The zero-order chi connectivity index (χ0) is 20.3. The average Bonchev–Trinajstić information content (AvgIpc) is 3.30. The molecule has 0 fully saturated rings. The molecule has 2 aromatic heterocycles. The van der Waals surface area contributed by atoms with Crippen LogP contribution in [0.25, 0.3) is 11.5 Å². The van der Waals surface area contributed by atoms with Gasteiger partial charge < -0.3 is 9.15 Å². The zero-order valence-electron chi connectivity index (χ0n) is 16.3. The standard InChI is InChI=1S/C25H20N2O3/c28-24(25-27-16-23(30-25)22-8-4-5-13-26-22)19-10-9-18-15-21(12-11-17(18)14-19)29-20-6-2-1-3-7-20/h1-8,11-13,15-16,19H,9-10,14H2/t19-/m1/s1. The lowest BCUT2D eigenvalue weighted by molar-refractivity contribution is 0.0873. The van der Waals surface area contributed by atoms with Gasteiger partial charge in [-0.3, -0.25) is 9.78 Å². The lowest BCUT2D eigenvalue weighted by Gasteiger charge is -2.23. The molecule has 4 aromatic rings. The van der Waals surface area contributed by atoms with Crippen LogP contribution in [-0.4, -0.2) is 15.8 Å². The van der Waals surface area contributed by atoms with Gasteiger partial charge in [0.05, 0.1) is 6.20 Å². The van der Waals surface area contributed by atoms with Crippen LogP contribution in [0.3, 0.4) is 0 Å². The van der Waals surface area contributed by atoms with E-state index in [0.717, 1.165) is 24.3 Å². The number of rotatable bonds is 5. The molecule has 5 heteroatoms. The topological polar surface area (TPSA) is 65.2 Å². The first-order chi connectivity index (χ1) is 14.8. The number of para-hydroxylation sites is 1. The monoisotopic (exact) mass is 396 g/mol. The summed E-state index contributed by atoms with van der Waals surface area (Å²) in [6.07, 6.45) is 5.53. The molecule has 0 aliphatic heterocycles. The Labute approximate surface area is 174 Å². The van der Waals surface area contributed by atoms with Gasteiger partial charge in [0.1, 0.15) is 17.2 Å². The van der Waals surface area contributed by atoms with Crippen molar-refractivity contribution in [3.8, 4) is 23.0 Å². The minimum Gasteiger partial charge on any atom is -0.457 e. The van der Waals surface area contributed by atoms with Crippen molar-refractivity contribution in [3.05, 3.63) is 96.1 Å². The molecule has 0 radical (unpaired) electrons. The molecule has 1 aliphatic carbocycles. The molecule has 0 unspecified atom stereocenters. The number of Topliss-reactive ketones (excluding diaryl/α,β-unsaturated/α-hetero) is 1. The molecule has 2 heterocycles. The van der Waals surface area contributed by atoms with Gasteiger partial charge in [0, 0.05) is 12.1 Å². The number of aromatic nitrogens is 2. The molecular formula is C25H20N2O3. The van der Waals surface area contributed by atoms with Gasteiger partial charge >= 0.3 is 0 Å². The molecule has 0 saturated heterocycles. The number of hydrogen-bond donors (Lipinski definition) is 0. The lowest BCUT2D eigenvalue weighted by Crippen LogP contribution is -2.23. The average molecular weight is 396 g/mol. The molecule has 1 aliphatic rings. The first kappa shape index (κ1) is 18.3. The molecular weight excluding hydrogens is 376 g/mol. The summed E-state index contributed by atoms with van der Waals surface area (Å²) in [5, 5.41) is 0. The second-order valence-electron chi connectivity index (χ2n) is 7.39. The van der Waals surface area contributed by atoms with E-state index in [4.69, 9.17) is 9.15 Å². The van der Waals surface area contributed by atoms with Gasteiger partial charge in [0.2, 0.25) is 5.78 Å². The third-order valence-electron chi connectivity index (χ3n) is 5.39. The summed E-state index contributed by atoms with van der Waals surface area (Å²) in [5.74, 6) is 2.12. The van der Waals surface area contributed by atoms with Gasteiger partial charge in [-0.05, 0) is 66.8 Å². The van der Waals surface area contributed by atoms with Gasteiger partial charge in [-0.1, -0.05) is 30.3 Å². The number of hydrogen-bond acceptors (Lipinski definition) is 5. The number of fused-ring (bicyclic) bond motifs is 1. The van der Waals surface area contributed by atoms with E-state index < -0.39 is 0 Å². The first-order valence-electron chi connectivity index (χ1n) is 10.0. The third-order valence-corrected chi connectivity index (χ3v) is 5.39. The Morgan fingerprint density at radius 1 is 0.933 bits per heavy atom. The fraction of sp³-hybridized carbons (Fsp3) is 0.160. The number of benzene rings is 2. The molecule has 2 aromatic carbocycles. The van der Waals surface area contributed by atoms with Crippen LogP contribution in [0.5, 0.6) is 11.5 Å². The Kier molecular flexibility index (Phi) is 4.85. The van der Waals surface area contributed by atoms with E-state index in [9.17, 15) is 4.79 Å². The molecule has 30 heavy (non-hydrogen) atoms. The van der Waals surface area contributed by atoms with Crippen molar-refractivity contribution in [2.24, 2.45) is 5.92 Å². The number of ether oxygens (including phenoxy) is 1. The van der Waals surface area contributed by atoms with Gasteiger partial charge in [0.15, 0.2) is 5.76 Å². The predicted molar refractivity (Wildman–Crippen MR) is 113 cm³/mol. The molecule has 5 rings (SSSR count). The number of nitrogens with zero attached hydrogens (tertiary/aromatic N) is 2. The van der Waals surface area contributed by atoms with Crippen molar-refractivity contribution in [1.82, 2.24) is 9.97 Å². The van der Waals surface area contributed by atoms with E-state index in [2.05, 4.69) is 22.1 Å². The summed E-state index contributed by atoms with van der Waals surface area (Å²) in [5.41, 5.74) is 3.08. The Bertz CT molecular complexity index is 1170. The highest BCUT2D eigenvalue weighted by Gasteiger charge is 2.29.